The van der Waals surface area contributed by atoms with Gasteiger partial charge in [0.05, 0.1) is 11.7 Å². The van der Waals surface area contributed by atoms with E-state index in [2.05, 4.69) is 20.6 Å². The Morgan fingerprint density at radius 1 is 1.50 bits per heavy atom. The van der Waals surface area contributed by atoms with Gasteiger partial charge in [0, 0.05) is 12.7 Å². The summed E-state index contributed by atoms with van der Waals surface area (Å²) in [6, 6.07) is 1.98. The highest BCUT2D eigenvalue weighted by Gasteiger charge is 2.15. The fourth-order valence-electron chi connectivity index (χ4n) is 2.28. The lowest BCUT2D eigenvalue weighted by atomic mass is 10.00. The Morgan fingerprint density at radius 3 is 3.38 bits per heavy atom. The van der Waals surface area contributed by atoms with Crippen LogP contribution in [-0.2, 0) is 6.54 Å². The Balaban J connectivity index is 1.83. The zero-order chi connectivity index (χ0) is 10.8. The van der Waals surface area contributed by atoms with Crippen LogP contribution in [-0.4, -0.2) is 33.1 Å². The maximum atomic E-state index is 4.19. The molecule has 0 bridgehead atoms. The van der Waals surface area contributed by atoms with Crippen LogP contribution in [0, 0.1) is 5.92 Å². The third-order valence-electron chi connectivity index (χ3n) is 3.15. The Morgan fingerprint density at radius 2 is 2.50 bits per heavy atom. The first-order valence-corrected chi connectivity index (χ1v) is 5.77. The lowest BCUT2D eigenvalue weighted by Crippen LogP contribution is -2.32. The molecule has 3 heterocycles. The molecule has 1 aliphatic rings. The van der Waals surface area contributed by atoms with E-state index < -0.39 is 0 Å². The second-order valence-electron chi connectivity index (χ2n) is 4.35. The molecule has 3 rings (SSSR count). The van der Waals surface area contributed by atoms with Crippen LogP contribution in [0.3, 0.4) is 0 Å². The fourth-order valence-corrected chi connectivity index (χ4v) is 2.28. The first-order chi connectivity index (χ1) is 7.93. The highest BCUT2D eigenvalue weighted by molar-refractivity contribution is 5.72. The molecule has 2 aromatic rings. The van der Waals surface area contributed by atoms with Crippen molar-refractivity contribution < 1.29 is 0 Å². The molecule has 0 spiro atoms. The predicted molar refractivity (Wildman–Crippen MR) is 60.9 cm³/mol. The van der Waals surface area contributed by atoms with E-state index in [0.717, 1.165) is 30.7 Å². The van der Waals surface area contributed by atoms with Crippen molar-refractivity contribution in [3.05, 3.63) is 18.5 Å². The average Bonchev–Trinajstić information content (AvgIpc) is 2.74. The van der Waals surface area contributed by atoms with Gasteiger partial charge < -0.3 is 5.32 Å². The van der Waals surface area contributed by atoms with Crippen LogP contribution in [0.1, 0.15) is 12.8 Å². The molecule has 1 fully saturated rings. The van der Waals surface area contributed by atoms with E-state index in [9.17, 15) is 0 Å². The average molecular weight is 217 g/mol. The van der Waals surface area contributed by atoms with Crippen LogP contribution < -0.4 is 5.32 Å². The Hall–Kier alpha value is -1.49. The van der Waals surface area contributed by atoms with Gasteiger partial charge in [0.15, 0.2) is 0 Å². The maximum Gasteiger partial charge on any atom is 0.131 e. The van der Waals surface area contributed by atoms with E-state index in [0.29, 0.717) is 5.92 Å². The maximum absolute atomic E-state index is 4.19. The van der Waals surface area contributed by atoms with Gasteiger partial charge in [0.25, 0.3) is 0 Å². The summed E-state index contributed by atoms with van der Waals surface area (Å²) >= 11 is 0. The van der Waals surface area contributed by atoms with Gasteiger partial charge in [-0.15, -0.1) is 5.10 Å². The number of nitrogens with zero attached hydrogens (tertiary/aromatic N) is 4. The number of fused-ring (bicyclic) bond motifs is 1. The van der Waals surface area contributed by atoms with Crippen molar-refractivity contribution in [1.29, 1.82) is 0 Å². The van der Waals surface area contributed by atoms with E-state index in [1.165, 1.54) is 12.8 Å². The molecule has 0 aliphatic carbocycles. The van der Waals surface area contributed by atoms with Crippen molar-refractivity contribution in [2.75, 3.05) is 13.1 Å². The van der Waals surface area contributed by atoms with Crippen molar-refractivity contribution in [2.24, 2.45) is 5.92 Å². The predicted octanol–water partition coefficient (Wildman–Crippen LogP) is 0.826. The molecular weight excluding hydrogens is 202 g/mol. The summed E-state index contributed by atoms with van der Waals surface area (Å²) in [6.07, 6.45) is 6.09. The molecule has 1 unspecified atom stereocenters. The van der Waals surface area contributed by atoms with Crippen LogP contribution in [0.4, 0.5) is 0 Å². The minimum atomic E-state index is 0.673. The molecule has 0 aromatic carbocycles. The molecule has 16 heavy (non-hydrogen) atoms. The second kappa shape index (κ2) is 4.17. The number of aromatic nitrogens is 4. The SMILES string of the molecule is c1cc2c(cn1)nnn2CC1CCCNC1. The first-order valence-electron chi connectivity index (χ1n) is 5.77. The van der Waals surface area contributed by atoms with Crippen molar-refractivity contribution >= 4 is 11.0 Å². The van der Waals surface area contributed by atoms with E-state index in [1.807, 2.05) is 10.7 Å². The Bertz CT molecular complexity index is 472. The molecule has 0 amide bonds. The van der Waals surface area contributed by atoms with Gasteiger partial charge in [0.2, 0.25) is 0 Å². The number of pyridine rings is 1. The van der Waals surface area contributed by atoms with Crippen LogP contribution in [0.15, 0.2) is 18.5 Å². The summed E-state index contributed by atoms with van der Waals surface area (Å²) in [5.41, 5.74) is 1.96. The van der Waals surface area contributed by atoms with E-state index in [4.69, 9.17) is 0 Å². The summed E-state index contributed by atoms with van der Waals surface area (Å²) < 4.78 is 1.99. The molecule has 1 saturated heterocycles. The number of hydrogen-bond donors (Lipinski definition) is 1. The molecular formula is C11H15N5. The molecule has 5 heteroatoms. The van der Waals surface area contributed by atoms with Crippen molar-refractivity contribution in [3.63, 3.8) is 0 Å². The lowest BCUT2D eigenvalue weighted by molar-refractivity contribution is 0.326. The van der Waals surface area contributed by atoms with Crippen molar-refractivity contribution in [3.8, 4) is 0 Å². The van der Waals surface area contributed by atoms with Gasteiger partial charge >= 0.3 is 0 Å². The minimum Gasteiger partial charge on any atom is -0.316 e. The first kappa shape index (κ1) is 9.72. The van der Waals surface area contributed by atoms with Gasteiger partial charge in [-0.1, -0.05) is 5.21 Å². The van der Waals surface area contributed by atoms with E-state index in [-0.39, 0.29) is 0 Å². The van der Waals surface area contributed by atoms with Gasteiger partial charge in [-0.3, -0.25) is 4.98 Å². The fraction of sp³-hybridized carbons (Fsp3) is 0.545. The Kier molecular flexibility index (Phi) is 2.53. The van der Waals surface area contributed by atoms with Crippen molar-refractivity contribution in [2.45, 2.75) is 19.4 Å². The molecule has 1 aliphatic heterocycles. The smallest absolute Gasteiger partial charge is 0.131 e. The zero-order valence-corrected chi connectivity index (χ0v) is 9.13. The standard InChI is InChI=1S/C11H15N5/c1-2-9(6-12-4-1)8-16-11-3-5-13-7-10(11)14-15-16/h3,5,7,9,12H,1-2,4,6,8H2. The van der Waals surface area contributed by atoms with Crippen LogP contribution in [0.2, 0.25) is 0 Å². The van der Waals surface area contributed by atoms with Crippen LogP contribution in [0.25, 0.3) is 11.0 Å². The Labute approximate surface area is 93.9 Å². The quantitative estimate of drug-likeness (QED) is 0.809. The number of piperidine rings is 1. The largest absolute Gasteiger partial charge is 0.316 e. The van der Waals surface area contributed by atoms with Gasteiger partial charge in [-0.25, -0.2) is 4.68 Å². The normalized spacial score (nSPS) is 21.4. The summed E-state index contributed by atoms with van der Waals surface area (Å²) in [7, 11) is 0. The minimum absolute atomic E-state index is 0.673. The monoisotopic (exact) mass is 217 g/mol. The van der Waals surface area contributed by atoms with Crippen LogP contribution >= 0.6 is 0 Å². The summed E-state index contributed by atoms with van der Waals surface area (Å²) in [6.45, 7) is 3.19. The second-order valence-corrected chi connectivity index (χ2v) is 4.35. The summed E-state index contributed by atoms with van der Waals surface area (Å²) in [4.78, 5) is 4.04. The molecule has 0 radical (unpaired) electrons. The highest BCUT2D eigenvalue weighted by atomic mass is 15.4. The van der Waals surface area contributed by atoms with E-state index in [1.54, 1.807) is 12.4 Å². The van der Waals surface area contributed by atoms with Gasteiger partial charge in [-0.2, -0.15) is 0 Å². The molecule has 2 aromatic heterocycles. The van der Waals surface area contributed by atoms with E-state index >= 15 is 0 Å². The lowest BCUT2D eigenvalue weighted by Gasteiger charge is -2.22. The third kappa shape index (κ3) is 1.78. The third-order valence-corrected chi connectivity index (χ3v) is 3.15. The molecule has 1 N–H and O–H groups in total. The highest BCUT2D eigenvalue weighted by Crippen LogP contribution is 2.15. The molecule has 84 valence electrons. The van der Waals surface area contributed by atoms with Crippen molar-refractivity contribution in [1.82, 2.24) is 25.3 Å². The number of hydrogen-bond acceptors (Lipinski definition) is 4. The zero-order valence-electron chi connectivity index (χ0n) is 9.13. The van der Waals surface area contributed by atoms with Gasteiger partial charge in [-0.05, 0) is 37.9 Å². The van der Waals surface area contributed by atoms with Gasteiger partial charge in [0.1, 0.15) is 5.52 Å². The molecule has 0 saturated carbocycles. The van der Waals surface area contributed by atoms with Crippen LogP contribution in [0.5, 0.6) is 0 Å². The number of nitrogens with one attached hydrogen (secondary N) is 1. The summed E-state index contributed by atoms with van der Waals surface area (Å²) in [5, 5.41) is 11.7. The molecule has 5 nitrogen and oxygen atoms in total. The summed E-state index contributed by atoms with van der Waals surface area (Å²) in [5.74, 6) is 0.673. The molecule has 1 atom stereocenters. The number of rotatable bonds is 2. The topological polar surface area (TPSA) is 55.6 Å².